The van der Waals surface area contributed by atoms with Crippen LogP contribution in [-0.4, -0.2) is 35.3 Å². The van der Waals surface area contributed by atoms with Gasteiger partial charge in [0.25, 0.3) is 0 Å². The molecule has 0 bridgehead atoms. The van der Waals surface area contributed by atoms with E-state index in [2.05, 4.69) is 10.8 Å². The van der Waals surface area contributed by atoms with E-state index < -0.39 is 5.60 Å². The van der Waals surface area contributed by atoms with Crippen LogP contribution in [0.15, 0.2) is 18.2 Å². The molecule has 1 fully saturated rings. The van der Waals surface area contributed by atoms with Crippen LogP contribution in [0.3, 0.4) is 0 Å². The average molecular weight is 277 g/mol. The standard InChI is InChI=1S/C16H20FNO2/c1-3-16(19)7-9-18(10-8-16)12-13-5-6-15(20-4-2)14(17)11-13/h1,5-6,11,19H,4,7-10,12H2,2H3. The summed E-state index contributed by atoms with van der Waals surface area (Å²) in [6.07, 6.45) is 6.44. The second-order valence-corrected chi connectivity index (χ2v) is 5.15. The van der Waals surface area contributed by atoms with Crippen molar-refractivity contribution in [2.45, 2.75) is 31.9 Å². The molecule has 4 heteroatoms. The van der Waals surface area contributed by atoms with Gasteiger partial charge in [-0.25, -0.2) is 4.39 Å². The van der Waals surface area contributed by atoms with E-state index in [9.17, 15) is 9.50 Å². The summed E-state index contributed by atoms with van der Waals surface area (Å²) in [6, 6.07) is 5.04. The molecule has 1 aromatic rings. The summed E-state index contributed by atoms with van der Waals surface area (Å²) in [5, 5.41) is 9.96. The van der Waals surface area contributed by atoms with Crippen molar-refractivity contribution in [2.24, 2.45) is 0 Å². The molecule has 1 N–H and O–H groups in total. The number of ether oxygens (including phenoxy) is 1. The van der Waals surface area contributed by atoms with Gasteiger partial charge in [-0.2, -0.15) is 0 Å². The first-order valence-electron chi connectivity index (χ1n) is 6.90. The smallest absolute Gasteiger partial charge is 0.165 e. The van der Waals surface area contributed by atoms with Crippen molar-refractivity contribution >= 4 is 0 Å². The normalized spacial score (nSPS) is 18.5. The van der Waals surface area contributed by atoms with Gasteiger partial charge in [0.05, 0.1) is 6.61 Å². The van der Waals surface area contributed by atoms with E-state index in [1.54, 1.807) is 6.07 Å². The van der Waals surface area contributed by atoms with Crippen molar-refractivity contribution in [3.05, 3.63) is 29.6 Å². The molecule has 20 heavy (non-hydrogen) atoms. The number of terminal acetylenes is 1. The number of likely N-dealkylation sites (tertiary alicyclic amines) is 1. The lowest BCUT2D eigenvalue weighted by Crippen LogP contribution is -2.43. The first-order chi connectivity index (χ1) is 9.56. The Morgan fingerprint density at radius 1 is 1.45 bits per heavy atom. The Kier molecular flexibility index (Phi) is 4.64. The highest BCUT2D eigenvalue weighted by molar-refractivity contribution is 5.29. The number of piperidine rings is 1. The fourth-order valence-electron chi connectivity index (χ4n) is 2.40. The zero-order valence-electron chi connectivity index (χ0n) is 11.7. The molecular formula is C16H20FNO2. The van der Waals surface area contributed by atoms with Crippen molar-refractivity contribution in [1.82, 2.24) is 4.90 Å². The van der Waals surface area contributed by atoms with Gasteiger partial charge in [0.1, 0.15) is 5.60 Å². The van der Waals surface area contributed by atoms with Crippen LogP contribution in [-0.2, 0) is 6.54 Å². The lowest BCUT2D eigenvalue weighted by atomic mass is 9.92. The average Bonchev–Trinajstić information content (AvgIpc) is 2.45. The molecule has 2 rings (SSSR count). The van der Waals surface area contributed by atoms with E-state index in [4.69, 9.17) is 11.2 Å². The van der Waals surface area contributed by atoms with Crippen LogP contribution in [0.2, 0.25) is 0 Å². The zero-order chi connectivity index (χ0) is 14.6. The van der Waals surface area contributed by atoms with E-state index in [0.29, 0.717) is 26.0 Å². The van der Waals surface area contributed by atoms with Crippen molar-refractivity contribution in [3.8, 4) is 18.1 Å². The van der Waals surface area contributed by atoms with Gasteiger partial charge in [-0.05, 0) is 24.6 Å². The first kappa shape index (κ1) is 14.8. The fourth-order valence-corrected chi connectivity index (χ4v) is 2.40. The molecule has 0 aliphatic carbocycles. The SMILES string of the molecule is C#CC1(O)CCN(Cc2ccc(OCC)c(F)c2)CC1. The van der Waals surface area contributed by atoms with E-state index >= 15 is 0 Å². The molecule has 0 unspecified atom stereocenters. The molecule has 0 amide bonds. The molecule has 1 aliphatic rings. The molecule has 3 nitrogen and oxygen atoms in total. The van der Waals surface area contributed by atoms with Gasteiger partial charge in [-0.15, -0.1) is 6.42 Å². The number of nitrogens with zero attached hydrogens (tertiary/aromatic N) is 1. The van der Waals surface area contributed by atoms with Crippen molar-refractivity contribution in [3.63, 3.8) is 0 Å². The lowest BCUT2D eigenvalue weighted by Gasteiger charge is -2.35. The minimum absolute atomic E-state index is 0.289. The van der Waals surface area contributed by atoms with Gasteiger partial charge in [0.2, 0.25) is 0 Å². The molecule has 0 spiro atoms. The molecule has 0 radical (unpaired) electrons. The zero-order valence-corrected chi connectivity index (χ0v) is 11.7. The first-order valence-corrected chi connectivity index (χ1v) is 6.90. The molecule has 1 aromatic carbocycles. The molecule has 0 saturated carbocycles. The maximum absolute atomic E-state index is 13.8. The summed E-state index contributed by atoms with van der Waals surface area (Å²) in [4.78, 5) is 2.17. The summed E-state index contributed by atoms with van der Waals surface area (Å²) < 4.78 is 18.9. The maximum atomic E-state index is 13.8. The quantitative estimate of drug-likeness (QED) is 0.856. The number of hydrogen-bond donors (Lipinski definition) is 1. The number of benzene rings is 1. The van der Waals surface area contributed by atoms with Crippen LogP contribution in [0.25, 0.3) is 0 Å². The Bertz CT molecular complexity index is 502. The van der Waals surface area contributed by atoms with Crippen LogP contribution in [0.1, 0.15) is 25.3 Å². The highest BCUT2D eigenvalue weighted by Gasteiger charge is 2.29. The van der Waals surface area contributed by atoms with Gasteiger partial charge in [0.15, 0.2) is 11.6 Å². The molecule has 1 aliphatic heterocycles. The fraction of sp³-hybridized carbons (Fsp3) is 0.500. The molecule has 0 aromatic heterocycles. The third kappa shape index (κ3) is 3.50. The largest absolute Gasteiger partial charge is 0.491 e. The van der Waals surface area contributed by atoms with Crippen molar-refractivity contribution in [2.75, 3.05) is 19.7 Å². The maximum Gasteiger partial charge on any atom is 0.165 e. The second kappa shape index (κ2) is 6.25. The van der Waals surface area contributed by atoms with E-state index in [1.165, 1.54) is 6.07 Å². The summed E-state index contributed by atoms with van der Waals surface area (Å²) in [7, 11) is 0. The third-order valence-electron chi connectivity index (χ3n) is 3.65. The number of aliphatic hydroxyl groups is 1. The molecule has 0 atom stereocenters. The lowest BCUT2D eigenvalue weighted by molar-refractivity contribution is 0.0248. The van der Waals surface area contributed by atoms with Crippen LogP contribution < -0.4 is 4.74 Å². The van der Waals surface area contributed by atoms with Gasteiger partial charge in [-0.1, -0.05) is 12.0 Å². The molecule has 1 heterocycles. The minimum atomic E-state index is -0.972. The third-order valence-corrected chi connectivity index (χ3v) is 3.65. The monoisotopic (exact) mass is 277 g/mol. The highest BCUT2D eigenvalue weighted by Crippen LogP contribution is 2.24. The van der Waals surface area contributed by atoms with Gasteiger partial charge >= 0.3 is 0 Å². The number of hydrogen-bond acceptors (Lipinski definition) is 3. The Labute approximate surface area is 119 Å². The number of rotatable bonds is 4. The topological polar surface area (TPSA) is 32.7 Å². The second-order valence-electron chi connectivity index (χ2n) is 5.15. The van der Waals surface area contributed by atoms with E-state index in [0.717, 1.165) is 18.7 Å². The Hall–Kier alpha value is -1.57. The van der Waals surface area contributed by atoms with Crippen LogP contribution in [0.4, 0.5) is 4.39 Å². The van der Waals surface area contributed by atoms with Crippen molar-refractivity contribution < 1.29 is 14.2 Å². The summed E-state index contributed by atoms with van der Waals surface area (Å²) in [5.41, 5.74) is -0.0716. The van der Waals surface area contributed by atoms with Gasteiger partial charge in [0, 0.05) is 32.5 Å². The van der Waals surface area contributed by atoms with Gasteiger partial charge in [-0.3, -0.25) is 4.90 Å². The van der Waals surface area contributed by atoms with E-state index in [1.807, 2.05) is 13.0 Å². The minimum Gasteiger partial charge on any atom is -0.491 e. The van der Waals surface area contributed by atoms with Crippen LogP contribution >= 0.6 is 0 Å². The van der Waals surface area contributed by atoms with Crippen LogP contribution in [0, 0.1) is 18.2 Å². The summed E-state index contributed by atoms with van der Waals surface area (Å²) in [6.45, 7) is 4.37. The predicted octanol–water partition coefficient (Wildman–Crippen LogP) is 2.18. The Morgan fingerprint density at radius 3 is 2.70 bits per heavy atom. The number of halogens is 1. The molecule has 1 saturated heterocycles. The summed E-state index contributed by atoms with van der Waals surface area (Å²) >= 11 is 0. The Morgan fingerprint density at radius 2 is 2.15 bits per heavy atom. The van der Waals surface area contributed by atoms with Crippen molar-refractivity contribution in [1.29, 1.82) is 0 Å². The van der Waals surface area contributed by atoms with E-state index in [-0.39, 0.29) is 11.6 Å². The highest BCUT2D eigenvalue weighted by atomic mass is 19.1. The molecular weight excluding hydrogens is 257 g/mol. The van der Waals surface area contributed by atoms with Crippen LogP contribution in [0.5, 0.6) is 5.75 Å². The van der Waals surface area contributed by atoms with Gasteiger partial charge < -0.3 is 9.84 Å². The molecule has 108 valence electrons. The summed E-state index contributed by atoms with van der Waals surface area (Å²) in [5.74, 6) is 2.40. The Balaban J connectivity index is 1.95. The predicted molar refractivity (Wildman–Crippen MR) is 75.9 cm³/mol.